The van der Waals surface area contributed by atoms with Crippen molar-refractivity contribution in [3.05, 3.63) is 34.5 Å². The predicted molar refractivity (Wildman–Crippen MR) is 74.7 cm³/mol. The molecule has 0 amide bonds. The van der Waals surface area contributed by atoms with Crippen LogP contribution in [0.15, 0.2) is 18.2 Å². The normalized spacial score (nSPS) is 10.9. The van der Waals surface area contributed by atoms with Crippen LogP contribution in [0.5, 0.6) is 0 Å². The van der Waals surface area contributed by atoms with Crippen LogP contribution in [0, 0.1) is 0 Å². The molecule has 2 N–H and O–H groups in total. The SMILES string of the molecule is CCOC(=O)c1[nH]c2c(Cl)cccc2c1CCCO. The maximum Gasteiger partial charge on any atom is 0.355 e. The van der Waals surface area contributed by atoms with E-state index in [0.717, 1.165) is 16.5 Å². The number of hydrogen-bond acceptors (Lipinski definition) is 3. The molecule has 0 aliphatic heterocycles. The van der Waals surface area contributed by atoms with Crippen molar-refractivity contribution >= 4 is 28.5 Å². The summed E-state index contributed by atoms with van der Waals surface area (Å²) in [7, 11) is 0. The Hall–Kier alpha value is -1.52. The minimum absolute atomic E-state index is 0.0789. The molecule has 1 aromatic heterocycles. The smallest absolute Gasteiger partial charge is 0.355 e. The van der Waals surface area contributed by atoms with Crippen molar-refractivity contribution in [1.29, 1.82) is 0 Å². The van der Waals surface area contributed by atoms with Crippen LogP contribution in [-0.4, -0.2) is 29.3 Å². The van der Waals surface area contributed by atoms with E-state index >= 15 is 0 Å². The van der Waals surface area contributed by atoms with E-state index in [2.05, 4.69) is 4.98 Å². The number of aryl methyl sites for hydroxylation is 1. The van der Waals surface area contributed by atoms with Crippen LogP contribution in [0.25, 0.3) is 10.9 Å². The lowest BCUT2D eigenvalue weighted by Crippen LogP contribution is -2.08. The zero-order valence-corrected chi connectivity index (χ0v) is 11.5. The maximum absolute atomic E-state index is 12.0. The summed E-state index contributed by atoms with van der Waals surface area (Å²) in [6.45, 7) is 2.16. The summed E-state index contributed by atoms with van der Waals surface area (Å²) >= 11 is 6.13. The molecule has 2 aromatic rings. The van der Waals surface area contributed by atoms with Crippen LogP contribution >= 0.6 is 11.6 Å². The zero-order chi connectivity index (χ0) is 13.8. The highest BCUT2D eigenvalue weighted by atomic mass is 35.5. The second kappa shape index (κ2) is 6.08. The van der Waals surface area contributed by atoms with Gasteiger partial charge in [-0.2, -0.15) is 0 Å². The number of carbonyl (C=O) groups excluding carboxylic acids is 1. The molecule has 2 rings (SSSR count). The van der Waals surface area contributed by atoms with E-state index in [-0.39, 0.29) is 12.6 Å². The number of para-hydroxylation sites is 1. The van der Waals surface area contributed by atoms with E-state index in [1.165, 1.54) is 0 Å². The molecule has 0 saturated heterocycles. The predicted octanol–water partition coefficient (Wildman–Crippen LogP) is 2.92. The van der Waals surface area contributed by atoms with Crippen LogP contribution in [0.1, 0.15) is 29.4 Å². The summed E-state index contributed by atoms with van der Waals surface area (Å²) in [5.41, 5.74) is 2.02. The Labute approximate surface area is 116 Å². The van der Waals surface area contributed by atoms with Crippen LogP contribution in [-0.2, 0) is 11.2 Å². The van der Waals surface area contributed by atoms with Gasteiger partial charge in [0.1, 0.15) is 5.69 Å². The highest BCUT2D eigenvalue weighted by molar-refractivity contribution is 6.35. The van der Waals surface area contributed by atoms with E-state index in [1.807, 2.05) is 12.1 Å². The molecule has 1 heterocycles. The number of aliphatic hydroxyl groups excluding tert-OH is 1. The quantitative estimate of drug-likeness (QED) is 0.828. The molecule has 4 nitrogen and oxygen atoms in total. The van der Waals surface area contributed by atoms with Crippen molar-refractivity contribution in [3.63, 3.8) is 0 Å². The van der Waals surface area contributed by atoms with Gasteiger partial charge < -0.3 is 14.8 Å². The molecule has 19 heavy (non-hydrogen) atoms. The van der Waals surface area contributed by atoms with E-state index in [0.29, 0.717) is 30.2 Å². The van der Waals surface area contributed by atoms with E-state index in [1.54, 1.807) is 13.0 Å². The minimum atomic E-state index is -0.386. The summed E-state index contributed by atoms with van der Waals surface area (Å²) in [5, 5.41) is 10.4. The van der Waals surface area contributed by atoms with Gasteiger partial charge in [0.05, 0.1) is 17.1 Å². The Kier molecular flexibility index (Phi) is 4.45. The van der Waals surface area contributed by atoms with Gasteiger partial charge in [0.15, 0.2) is 0 Å². The third-order valence-corrected chi connectivity index (χ3v) is 3.27. The Bertz CT molecular complexity index is 592. The maximum atomic E-state index is 12.0. The number of halogens is 1. The average molecular weight is 282 g/mol. The fourth-order valence-corrected chi connectivity index (χ4v) is 2.35. The fourth-order valence-electron chi connectivity index (χ4n) is 2.13. The van der Waals surface area contributed by atoms with Gasteiger partial charge in [0, 0.05) is 12.0 Å². The summed E-state index contributed by atoms with van der Waals surface area (Å²) in [6, 6.07) is 5.52. The highest BCUT2D eigenvalue weighted by Crippen LogP contribution is 2.29. The number of hydrogen-bond donors (Lipinski definition) is 2. The second-order valence-corrected chi connectivity index (χ2v) is 4.60. The lowest BCUT2D eigenvalue weighted by Gasteiger charge is -2.03. The number of H-pyrrole nitrogens is 1. The van der Waals surface area contributed by atoms with Gasteiger partial charge in [-0.25, -0.2) is 4.79 Å². The molecule has 0 bridgehead atoms. The van der Waals surface area contributed by atoms with Gasteiger partial charge >= 0.3 is 5.97 Å². The number of aromatic nitrogens is 1. The third kappa shape index (κ3) is 2.74. The van der Waals surface area contributed by atoms with Crippen LogP contribution in [0.2, 0.25) is 5.02 Å². The lowest BCUT2D eigenvalue weighted by atomic mass is 10.1. The number of rotatable bonds is 5. The molecule has 0 radical (unpaired) electrons. The van der Waals surface area contributed by atoms with Crippen molar-refractivity contribution in [2.75, 3.05) is 13.2 Å². The first kappa shape index (κ1) is 13.9. The largest absolute Gasteiger partial charge is 0.461 e. The molecule has 0 aliphatic carbocycles. The molecule has 0 unspecified atom stereocenters. The molecule has 102 valence electrons. The van der Waals surface area contributed by atoms with Gasteiger partial charge in [0.2, 0.25) is 0 Å². The molecule has 5 heteroatoms. The van der Waals surface area contributed by atoms with Crippen molar-refractivity contribution in [3.8, 4) is 0 Å². The molecular weight excluding hydrogens is 266 g/mol. The number of nitrogens with one attached hydrogen (secondary N) is 1. The van der Waals surface area contributed by atoms with Gasteiger partial charge in [-0.15, -0.1) is 0 Å². The second-order valence-electron chi connectivity index (χ2n) is 4.19. The number of benzene rings is 1. The Balaban J connectivity index is 2.54. The van der Waals surface area contributed by atoms with Gasteiger partial charge in [-0.1, -0.05) is 23.7 Å². The topological polar surface area (TPSA) is 62.3 Å². The first-order valence-corrected chi connectivity index (χ1v) is 6.63. The van der Waals surface area contributed by atoms with Crippen molar-refractivity contribution in [1.82, 2.24) is 4.98 Å². The van der Waals surface area contributed by atoms with Crippen molar-refractivity contribution in [2.24, 2.45) is 0 Å². The number of esters is 1. The van der Waals surface area contributed by atoms with Gasteiger partial charge in [0.25, 0.3) is 0 Å². The molecule has 0 fully saturated rings. The third-order valence-electron chi connectivity index (χ3n) is 2.95. The Morgan fingerprint density at radius 3 is 2.95 bits per heavy atom. The zero-order valence-electron chi connectivity index (χ0n) is 10.7. The fraction of sp³-hybridized carbons (Fsp3) is 0.357. The lowest BCUT2D eigenvalue weighted by molar-refractivity contribution is 0.0519. The molecular formula is C14H16ClNO3. The molecule has 0 spiro atoms. The monoisotopic (exact) mass is 281 g/mol. The average Bonchev–Trinajstić information content (AvgIpc) is 2.77. The number of aromatic amines is 1. The number of ether oxygens (including phenoxy) is 1. The number of carbonyl (C=O) groups is 1. The first-order chi connectivity index (χ1) is 9.19. The van der Waals surface area contributed by atoms with E-state index in [9.17, 15) is 4.79 Å². The molecule has 0 saturated carbocycles. The Morgan fingerprint density at radius 2 is 2.26 bits per heavy atom. The van der Waals surface area contributed by atoms with E-state index in [4.69, 9.17) is 21.4 Å². The number of aliphatic hydroxyl groups is 1. The molecule has 1 aromatic carbocycles. The van der Waals surface area contributed by atoms with Crippen LogP contribution in [0.4, 0.5) is 0 Å². The number of fused-ring (bicyclic) bond motifs is 1. The standard InChI is InChI=1S/C14H16ClNO3/c1-2-19-14(18)13-10(6-4-8-17)9-5-3-7-11(15)12(9)16-13/h3,5,7,16-17H,2,4,6,8H2,1H3. The summed E-state index contributed by atoms with van der Waals surface area (Å²) in [4.78, 5) is 15.0. The van der Waals surface area contributed by atoms with Gasteiger partial charge in [-0.05, 0) is 31.4 Å². The first-order valence-electron chi connectivity index (χ1n) is 6.26. The van der Waals surface area contributed by atoms with Crippen LogP contribution < -0.4 is 0 Å². The summed E-state index contributed by atoms with van der Waals surface area (Å²) < 4.78 is 5.04. The summed E-state index contributed by atoms with van der Waals surface area (Å²) in [5.74, 6) is -0.386. The molecule has 0 aliphatic rings. The Morgan fingerprint density at radius 1 is 1.47 bits per heavy atom. The van der Waals surface area contributed by atoms with Crippen molar-refractivity contribution < 1.29 is 14.6 Å². The summed E-state index contributed by atoms with van der Waals surface area (Å²) in [6.07, 6.45) is 1.19. The van der Waals surface area contributed by atoms with Gasteiger partial charge in [-0.3, -0.25) is 0 Å². The molecule has 0 atom stereocenters. The minimum Gasteiger partial charge on any atom is -0.461 e. The van der Waals surface area contributed by atoms with E-state index < -0.39 is 0 Å². The highest BCUT2D eigenvalue weighted by Gasteiger charge is 2.19. The van der Waals surface area contributed by atoms with Crippen LogP contribution in [0.3, 0.4) is 0 Å². The van der Waals surface area contributed by atoms with Crippen molar-refractivity contribution in [2.45, 2.75) is 19.8 Å².